The lowest BCUT2D eigenvalue weighted by molar-refractivity contribution is -0.143. The van der Waals surface area contributed by atoms with Gasteiger partial charge in [-0.3, -0.25) is 4.79 Å². The van der Waals surface area contributed by atoms with Gasteiger partial charge in [0, 0.05) is 0 Å². The van der Waals surface area contributed by atoms with Gasteiger partial charge in [0.1, 0.15) is 0 Å². The lowest BCUT2D eigenvalue weighted by Gasteiger charge is -2.06. The Morgan fingerprint density at radius 3 is 2.78 bits per heavy atom. The maximum atomic E-state index is 10.6. The first kappa shape index (κ1) is 6.55. The molecule has 1 saturated heterocycles. The second-order valence-electron chi connectivity index (χ2n) is 2.30. The Morgan fingerprint density at radius 2 is 2.56 bits per heavy atom. The van der Waals surface area contributed by atoms with Gasteiger partial charge < -0.3 is 9.84 Å². The summed E-state index contributed by atoms with van der Waals surface area (Å²) in [5.74, 6) is -0.532. The molecule has 1 rings (SSSR count). The molecule has 0 aromatic carbocycles. The highest BCUT2D eigenvalue weighted by Gasteiger charge is 2.30. The summed E-state index contributed by atoms with van der Waals surface area (Å²) < 4.78 is 4.63. The summed E-state index contributed by atoms with van der Waals surface area (Å²) in [7, 11) is 0. The van der Waals surface area contributed by atoms with E-state index in [-0.39, 0.29) is 11.9 Å². The molecule has 0 aliphatic carbocycles. The third-order valence-electron chi connectivity index (χ3n) is 1.56. The van der Waals surface area contributed by atoms with Gasteiger partial charge in [0.05, 0.1) is 18.6 Å². The minimum Gasteiger partial charge on any atom is -0.465 e. The van der Waals surface area contributed by atoms with E-state index in [0.717, 1.165) is 0 Å². The quantitative estimate of drug-likeness (QED) is 0.505. The fourth-order valence-electron chi connectivity index (χ4n) is 0.950. The van der Waals surface area contributed by atoms with Crippen molar-refractivity contribution in [2.45, 2.75) is 19.4 Å². The van der Waals surface area contributed by atoms with Gasteiger partial charge in [0.2, 0.25) is 0 Å². The molecule has 0 radical (unpaired) electrons. The summed E-state index contributed by atoms with van der Waals surface area (Å²) in [5.41, 5.74) is 0. The zero-order valence-electron chi connectivity index (χ0n) is 5.33. The first-order chi connectivity index (χ1) is 4.22. The number of cyclic esters (lactones) is 1. The zero-order valence-corrected chi connectivity index (χ0v) is 5.33. The van der Waals surface area contributed by atoms with Crippen LogP contribution in [0.4, 0.5) is 0 Å². The van der Waals surface area contributed by atoms with Crippen molar-refractivity contribution in [3.63, 3.8) is 0 Å². The highest BCUT2D eigenvalue weighted by Crippen LogP contribution is 2.17. The largest absolute Gasteiger partial charge is 0.465 e. The van der Waals surface area contributed by atoms with Crippen LogP contribution in [0.5, 0.6) is 0 Å². The Hall–Kier alpha value is -0.570. The van der Waals surface area contributed by atoms with Crippen molar-refractivity contribution in [3.8, 4) is 0 Å². The molecular weight excluding hydrogens is 120 g/mol. The minimum atomic E-state index is -0.556. The number of carbonyl (C=O) groups is 1. The molecule has 0 aromatic rings. The third kappa shape index (κ3) is 1.21. The second kappa shape index (κ2) is 2.35. The van der Waals surface area contributed by atoms with Crippen molar-refractivity contribution in [2.75, 3.05) is 6.61 Å². The van der Waals surface area contributed by atoms with Gasteiger partial charge in [0.15, 0.2) is 0 Å². The van der Waals surface area contributed by atoms with Crippen LogP contribution in [0, 0.1) is 5.92 Å². The smallest absolute Gasteiger partial charge is 0.311 e. The van der Waals surface area contributed by atoms with Crippen LogP contribution in [0.3, 0.4) is 0 Å². The maximum Gasteiger partial charge on any atom is 0.311 e. The van der Waals surface area contributed by atoms with E-state index in [4.69, 9.17) is 5.11 Å². The highest BCUT2D eigenvalue weighted by atomic mass is 16.5. The van der Waals surface area contributed by atoms with Gasteiger partial charge in [-0.1, -0.05) is 0 Å². The average Bonchev–Trinajstić information content (AvgIpc) is 2.13. The number of hydrogen-bond donors (Lipinski definition) is 1. The Bertz CT molecular complexity index is 119. The molecular formula is C6H10O3. The maximum absolute atomic E-state index is 10.6. The standard InChI is InChI=1S/C6H10O3/c1-4(7)5-2-3-9-6(5)8/h4-5,7H,2-3H2,1H3/t4-,5-/m0/s1. The predicted octanol–water partition coefficient (Wildman–Crippen LogP) is -0.0697. The summed E-state index contributed by atoms with van der Waals surface area (Å²) in [5, 5.41) is 8.92. The van der Waals surface area contributed by atoms with Crippen molar-refractivity contribution >= 4 is 5.97 Å². The number of rotatable bonds is 1. The van der Waals surface area contributed by atoms with E-state index < -0.39 is 6.10 Å². The number of aliphatic hydroxyl groups excluding tert-OH is 1. The molecule has 0 unspecified atom stereocenters. The molecule has 0 aromatic heterocycles. The lowest BCUT2D eigenvalue weighted by Crippen LogP contribution is -2.20. The molecule has 3 nitrogen and oxygen atoms in total. The normalized spacial score (nSPS) is 30.0. The molecule has 2 atom stereocenters. The van der Waals surface area contributed by atoms with E-state index in [1.54, 1.807) is 6.92 Å². The summed E-state index contributed by atoms with van der Waals surface area (Å²) in [4.78, 5) is 10.6. The summed E-state index contributed by atoms with van der Waals surface area (Å²) in [6.07, 6.45) is 0.108. The first-order valence-corrected chi connectivity index (χ1v) is 3.06. The van der Waals surface area contributed by atoms with Crippen molar-refractivity contribution in [2.24, 2.45) is 5.92 Å². The SMILES string of the molecule is C[C@H](O)[C@@H]1CCOC1=O. The Kier molecular flexibility index (Phi) is 1.71. The molecule has 52 valence electrons. The molecule has 1 aliphatic heterocycles. The molecule has 0 amide bonds. The zero-order chi connectivity index (χ0) is 6.85. The number of aliphatic hydroxyl groups is 1. The molecule has 1 N–H and O–H groups in total. The van der Waals surface area contributed by atoms with Crippen LogP contribution in [-0.4, -0.2) is 23.8 Å². The Morgan fingerprint density at radius 1 is 1.89 bits per heavy atom. The number of carbonyl (C=O) groups excluding carboxylic acids is 1. The van der Waals surface area contributed by atoms with Crippen LogP contribution in [-0.2, 0) is 9.53 Å². The van der Waals surface area contributed by atoms with E-state index in [9.17, 15) is 4.79 Å². The van der Waals surface area contributed by atoms with Crippen molar-refractivity contribution in [1.29, 1.82) is 0 Å². The molecule has 1 heterocycles. The average molecular weight is 130 g/mol. The molecule has 3 heteroatoms. The van der Waals surface area contributed by atoms with Gasteiger partial charge in [-0.2, -0.15) is 0 Å². The van der Waals surface area contributed by atoms with Crippen LogP contribution >= 0.6 is 0 Å². The number of esters is 1. The van der Waals surface area contributed by atoms with Crippen LogP contribution in [0.15, 0.2) is 0 Å². The number of ether oxygens (including phenoxy) is 1. The molecule has 9 heavy (non-hydrogen) atoms. The van der Waals surface area contributed by atoms with Gasteiger partial charge in [-0.05, 0) is 13.3 Å². The van der Waals surface area contributed by atoms with E-state index in [2.05, 4.69) is 4.74 Å². The Balaban J connectivity index is 2.49. The minimum absolute atomic E-state index is 0.259. The van der Waals surface area contributed by atoms with Crippen LogP contribution in [0.25, 0.3) is 0 Å². The van der Waals surface area contributed by atoms with Crippen molar-refractivity contribution in [1.82, 2.24) is 0 Å². The van der Waals surface area contributed by atoms with E-state index in [0.29, 0.717) is 13.0 Å². The molecule has 1 fully saturated rings. The van der Waals surface area contributed by atoms with Crippen LogP contribution in [0.1, 0.15) is 13.3 Å². The molecule has 0 saturated carbocycles. The summed E-state index contributed by atoms with van der Waals surface area (Å²) in [6.45, 7) is 2.08. The predicted molar refractivity (Wildman–Crippen MR) is 30.7 cm³/mol. The fourth-order valence-corrected chi connectivity index (χ4v) is 0.950. The van der Waals surface area contributed by atoms with Gasteiger partial charge >= 0.3 is 5.97 Å². The van der Waals surface area contributed by atoms with Gasteiger partial charge in [0.25, 0.3) is 0 Å². The highest BCUT2D eigenvalue weighted by molar-refractivity contribution is 5.74. The molecule has 0 spiro atoms. The van der Waals surface area contributed by atoms with Crippen molar-refractivity contribution in [3.05, 3.63) is 0 Å². The molecule has 1 aliphatic rings. The van der Waals surface area contributed by atoms with Crippen LogP contribution in [0.2, 0.25) is 0 Å². The van der Waals surface area contributed by atoms with Crippen LogP contribution < -0.4 is 0 Å². The topological polar surface area (TPSA) is 46.5 Å². The van der Waals surface area contributed by atoms with E-state index >= 15 is 0 Å². The van der Waals surface area contributed by atoms with E-state index in [1.807, 2.05) is 0 Å². The third-order valence-corrected chi connectivity index (χ3v) is 1.56. The summed E-state index contributed by atoms with van der Waals surface area (Å²) in [6, 6.07) is 0. The number of hydrogen-bond acceptors (Lipinski definition) is 3. The van der Waals surface area contributed by atoms with Gasteiger partial charge in [-0.25, -0.2) is 0 Å². The van der Waals surface area contributed by atoms with E-state index in [1.165, 1.54) is 0 Å². The first-order valence-electron chi connectivity index (χ1n) is 3.06. The lowest BCUT2D eigenvalue weighted by atomic mass is 10.0. The van der Waals surface area contributed by atoms with Gasteiger partial charge in [-0.15, -0.1) is 0 Å². The summed E-state index contributed by atoms with van der Waals surface area (Å²) >= 11 is 0. The molecule has 0 bridgehead atoms. The fraction of sp³-hybridized carbons (Fsp3) is 0.833. The second-order valence-corrected chi connectivity index (χ2v) is 2.30. The van der Waals surface area contributed by atoms with Crippen molar-refractivity contribution < 1.29 is 14.6 Å². The Labute approximate surface area is 53.6 Å². The monoisotopic (exact) mass is 130 g/mol.